The summed E-state index contributed by atoms with van der Waals surface area (Å²) in [6.45, 7) is 5.48. The summed E-state index contributed by atoms with van der Waals surface area (Å²) in [4.78, 5) is 8.88. The molecule has 1 unspecified atom stereocenters. The van der Waals surface area contributed by atoms with Gasteiger partial charge in [-0.3, -0.25) is 0 Å². The predicted octanol–water partition coefficient (Wildman–Crippen LogP) is 4.64. The molecule has 0 amide bonds. The van der Waals surface area contributed by atoms with Crippen molar-refractivity contribution in [2.75, 3.05) is 11.9 Å². The van der Waals surface area contributed by atoms with Crippen LogP contribution in [0.15, 0.2) is 6.07 Å². The fourth-order valence-electron chi connectivity index (χ4n) is 2.24. The molecule has 0 aliphatic heterocycles. The number of anilines is 1. The zero-order valence-corrected chi connectivity index (χ0v) is 12.7. The van der Waals surface area contributed by atoms with Crippen LogP contribution in [-0.2, 0) is 0 Å². The van der Waals surface area contributed by atoms with Gasteiger partial charge in [-0.2, -0.15) is 0 Å². The maximum Gasteiger partial charge on any atom is 0.135 e. The Hall–Kier alpha value is -0.830. The van der Waals surface area contributed by atoms with Crippen LogP contribution < -0.4 is 5.32 Å². The molecule has 1 aliphatic carbocycles. The van der Waals surface area contributed by atoms with Gasteiger partial charge >= 0.3 is 0 Å². The number of nitrogens with one attached hydrogen (secondary N) is 1. The van der Waals surface area contributed by atoms with Crippen molar-refractivity contribution in [2.24, 2.45) is 5.92 Å². The van der Waals surface area contributed by atoms with Crippen LogP contribution in [0.4, 0.5) is 5.82 Å². The Morgan fingerprint density at radius 1 is 1.37 bits per heavy atom. The molecule has 0 bridgehead atoms. The smallest absolute Gasteiger partial charge is 0.135 e. The quantitative estimate of drug-likeness (QED) is 0.706. The van der Waals surface area contributed by atoms with E-state index < -0.39 is 0 Å². The maximum absolute atomic E-state index is 6.06. The molecule has 3 nitrogen and oxygen atoms in total. The molecule has 1 N–H and O–H groups in total. The lowest BCUT2D eigenvalue weighted by molar-refractivity contribution is 0.472. The van der Waals surface area contributed by atoms with Gasteiger partial charge in [-0.25, -0.2) is 9.97 Å². The van der Waals surface area contributed by atoms with E-state index in [0.29, 0.717) is 11.1 Å². The molecule has 4 heteroatoms. The minimum atomic E-state index is 0.543. The van der Waals surface area contributed by atoms with Gasteiger partial charge in [0.25, 0.3) is 0 Å². The standard InChI is InChI=1S/C15H24ClN3/c1-3-5-6-11(4-2)10-17-14-9-13(16)18-15(19-14)12-7-8-12/h9,11-12H,3-8,10H2,1-2H3,(H,17,18,19). The summed E-state index contributed by atoms with van der Waals surface area (Å²) in [7, 11) is 0. The fraction of sp³-hybridized carbons (Fsp3) is 0.733. The summed E-state index contributed by atoms with van der Waals surface area (Å²) in [6.07, 6.45) is 7.47. The van der Waals surface area contributed by atoms with Crippen molar-refractivity contribution >= 4 is 17.4 Å². The number of rotatable bonds is 8. The van der Waals surface area contributed by atoms with Gasteiger partial charge in [0, 0.05) is 18.5 Å². The zero-order chi connectivity index (χ0) is 13.7. The van der Waals surface area contributed by atoms with Gasteiger partial charge in [0.2, 0.25) is 0 Å². The number of nitrogens with zero attached hydrogens (tertiary/aromatic N) is 2. The molecule has 1 heterocycles. The molecule has 0 saturated heterocycles. The molecule has 1 aromatic rings. The van der Waals surface area contributed by atoms with Crippen LogP contribution in [0, 0.1) is 5.92 Å². The molecule has 2 rings (SSSR count). The van der Waals surface area contributed by atoms with Crippen molar-refractivity contribution in [1.29, 1.82) is 0 Å². The number of aromatic nitrogens is 2. The molecular weight excluding hydrogens is 258 g/mol. The normalized spacial score (nSPS) is 16.4. The Balaban J connectivity index is 1.90. The Morgan fingerprint density at radius 3 is 2.79 bits per heavy atom. The Bertz CT molecular complexity index is 404. The topological polar surface area (TPSA) is 37.8 Å². The highest BCUT2D eigenvalue weighted by Gasteiger charge is 2.27. The van der Waals surface area contributed by atoms with Crippen molar-refractivity contribution in [2.45, 2.75) is 58.3 Å². The fourth-order valence-corrected chi connectivity index (χ4v) is 2.43. The highest BCUT2D eigenvalue weighted by atomic mass is 35.5. The molecule has 1 saturated carbocycles. The first kappa shape index (κ1) is 14.6. The van der Waals surface area contributed by atoms with E-state index in [2.05, 4.69) is 29.1 Å². The van der Waals surface area contributed by atoms with Gasteiger partial charge < -0.3 is 5.32 Å². The Morgan fingerprint density at radius 2 is 2.16 bits per heavy atom. The summed E-state index contributed by atoms with van der Waals surface area (Å²) in [5, 5.41) is 3.99. The monoisotopic (exact) mass is 281 g/mol. The van der Waals surface area contributed by atoms with Crippen molar-refractivity contribution < 1.29 is 0 Å². The molecule has 1 aromatic heterocycles. The van der Waals surface area contributed by atoms with Gasteiger partial charge in [0.15, 0.2) is 0 Å². The third-order valence-electron chi connectivity index (χ3n) is 3.77. The van der Waals surface area contributed by atoms with E-state index in [4.69, 9.17) is 11.6 Å². The largest absolute Gasteiger partial charge is 0.370 e. The van der Waals surface area contributed by atoms with Crippen LogP contribution in [-0.4, -0.2) is 16.5 Å². The Labute approximate surface area is 121 Å². The minimum absolute atomic E-state index is 0.543. The lowest BCUT2D eigenvalue weighted by Crippen LogP contribution is -2.15. The van der Waals surface area contributed by atoms with Crippen molar-refractivity contribution in [3.8, 4) is 0 Å². The van der Waals surface area contributed by atoms with Gasteiger partial charge in [-0.15, -0.1) is 0 Å². The lowest BCUT2D eigenvalue weighted by atomic mass is 9.99. The number of hydrogen-bond acceptors (Lipinski definition) is 3. The molecular formula is C15H24ClN3. The van der Waals surface area contributed by atoms with Crippen molar-refractivity contribution in [3.05, 3.63) is 17.0 Å². The van der Waals surface area contributed by atoms with E-state index in [1.807, 2.05) is 6.07 Å². The molecule has 1 aliphatic rings. The second kappa shape index (κ2) is 7.09. The number of halogens is 1. The summed E-state index contributed by atoms with van der Waals surface area (Å²) in [5.41, 5.74) is 0. The molecule has 19 heavy (non-hydrogen) atoms. The average molecular weight is 282 g/mol. The molecule has 1 atom stereocenters. The van der Waals surface area contributed by atoms with E-state index in [0.717, 1.165) is 24.1 Å². The summed E-state index contributed by atoms with van der Waals surface area (Å²) in [5.74, 6) is 3.06. The van der Waals surface area contributed by atoms with Gasteiger partial charge in [-0.05, 0) is 25.2 Å². The van der Waals surface area contributed by atoms with E-state index >= 15 is 0 Å². The van der Waals surface area contributed by atoms with E-state index in [-0.39, 0.29) is 0 Å². The summed E-state index contributed by atoms with van der Waals surface area (Å²) in [6, 6.07) is 1.83. The second-order valence-corrected chi connectivity index (χ2v) is 5.89. The van der Waals surface area contributed by atoms with Gasteiger partial charge in [-0.1, -0.05) is 44.7 Å². The van der Waals surface area contributed by atoms with Gasteiger partial charge in [0.1, 0.15) is 16.8 Å². The minimum Gasteiger partial charge on any atom is -0.370 e. The van der Waals surface area contributed by atoms with Crippen LogP contribution in [0.25, 0.3) is 0 Å². The zero-order valence-electron chi connectivity index (χ0n) is 12.0. The maximum atomic E-state index is 6.06. The van der Waals surface area contributed by atoms with E-state index in [9.17, 15) is 0 Å². The van der Waals surface area contributed by atoms with E-state index in [1.165, 1.54) is 38.5 Å². The predicted molar refractivity (Wildman–Crippen MR) is 80.8 cm³/mol. The second-order valence-electron chi connectivity index (χ2n) is 5.51. The summed E-state index contributed by atoms with van der Waals surface area (Å²) >= 11 is 6.06. The van der Waals surface area contributed by atoms with Crippen LogP contribution >= 0.6 is 11.6 Å². The average Bonchev–Trinajstić information content (AvgIpc) is 3.23. The third kappa shape index (κ3) is 4.64. The van der Waals surface area contributed by atoms with Crippen LogP contribution in [0.3, 0.4) is 0 Å². The lowest BCUT2D eigenvalue weighted by Gasteiger charge is -2.16. The number of unbranched alkanes of at least 4 members (excludes halogenated alkanes) is 1. The number of hydrogen-bond donors (Lipinski definition) is 1. The molecule has 0 radical (unpaired) electrons. The first-order chi connectivity index (χ1) is 9.22. The third-order valence-corrected chi connectivity index (χ3v) is 3.96. The highest BCUT2D eigenvalue weighted by molar-refractivity contribution is 6.29. The first-order valence-corrected chi connectivity index (χ1v) is 7.89. The molecule has 0 spiro atoms. The Kier molecular flexibility index (Phi) is 5.44. The van der Waals surface area contributed by atoms with Crippen LogP contribution in [0.1, 0.15) is 64.1 Å². The van der Waals surface area contributed by atoms with Crippen LogP contribution in [0.2, 0.25) is 5.15 Å². The van der Waals surface area contributed by atoms with Gasteiger partial charge in [0.05, 0.1) is 0 Å². The molecule has 0 aromatic carbocycles. The molecule has 106 valence electrons. The summed E-state index contributed by atoms with van der Waals surface area (Å²) < 4.78 is 0. The first-order valence-electron chi connectivity index (χ1n) is 7.51. The van der Waals surface area contributed by atoms with Crippen molar-refractivity contribution in [3.63, 3.8) is 0 Å². The molecule has 1 fully saturated rings. The highest BCUT2D eigenvalue weighted by Crippen LogP contribution is 2.38. The van der Waals surface area contributed by atoms with Crippen LogP contribution in [0.5, 0.6) is 0 Å². The SMILES string of the molecule is CCCCC(CC)CNc1cc(Cl)nc(C2CC2)n1. The van der Waals surface area contributed by atoms with E-state index in [1.54, 1.807) is 0 Å². The van der Waals surface area contributed by atoms with Crippen molar-refractivity contribution in [1.82, 2.24) is 9.97 Å².